The standard InChI is InChI=1S/C17H19F3N2O2/c1-15(2)11-7-8-16(15,13(23)9-11)14(24)22(21)12-5-3-10(4-6-12)17(18,19)20/h3-6,11H,7-9,21H2,1-2H3. The van der Waals surface area contributed by atoms with E-state index in [-0.39, 0.29) is 17.4 Å². The zero-order valence-corrected chi connectivity index (χ0v) is 13.5. The summed E-state index contributed by atoms with van der Waals surface area (Å²) in [4.78, 5) is 25.5. The maximum absolute atomic E-state index is 13.0. The first-order valence-electron chi connectivity index (χ1n) is 7.81. The molecule has 0 heterocycles. The third kappa shape index (κ3) is 2.10. The number of ketones is 1. The second-order valence-electron chi connectivity index (χ2n) is 7.21. The van der Waals surface area contributed by atoms with Crippen molar-refractivity contribution in [2.75, 3.05) is 5.01 Å². The summed E-state index contributed by atoms with van der Waals surface area (Å²) in [5, 5.41) is 0.827. The van der Waals surface area contributed by atoms with Crippen LogP contribution in [0.15, 0.2) is 24.3 Å². The SMILES string of the molecule is CC1(C)C2CCC1(C(=O)N(N)c1ccc(C(F)(F)F)cc1)C(=O)C2. The number of carbonyl (C=O) groups is 2. The van der Waals surface area contributed by atoms with Gasteiger partial charge in [-0.15, -0.1) is 0 Å². The van der Waals surface area contributed by atoms with Crippen LogP contribution in [0.1, 0.15) is 38.7 Å². The van der Waals surface area contributed by atoms with Gasteiger partial charge >= 0.3 is 6.18 Å². The molecule has 2 fully saturated rings. The van der Waals surface area contributed by atoms with E-state index in [0.717, 1.165) is 35.7 Å². The fourth-order valence-corrected chi connectivity index (χ4v) is 4.31. The molecule has 130 valence electrons. The van der Waals surface area contributed by atoms with E-state index in [2.05, 4.69) is 0 Å². The topological polar surface area (TPSA) is 63.4 Å². The number of alkyl halides is 3. The summed E-state index contributed by atoms with van der Waals surface area (Å²) < 4.78 is 37.9. The Morgan fingerprint density at radius 1 is 1.25 bits per heavy atom. The molecule has 0 aliphatic heterocycles. The van der Waals surface area contributed by atoms with Crippen molar-refractivity contribution in [3.63, 3.8) is 0 Å². The second kappa shape index (κ2) is 5.05. The van der Waals surface area contributed by atoms with Crippen LogP contribution >= 0.6 is 0 Å². The Labute approximate surface area is 137 Å². The van der Waals surface area contributed by atoms with Crippen LogP contribution in [0.5, 0.6) is 0 Å². The van der Waals surface area contributed by atoms with Gasteiger partial charge in [0.05, 0.1) is 11.3 Å². The molecule has 4 nitrogen and oxygen atoms in total. The Morgan fingerprint density at radius 3 is 2.25 bits per heavy atom. The lowest BCUT2D eigenvalue weighted by molar-refractivity contribution is -0.143. The molecule has 7 heteroatoms. The highest BCUT2D eigenvalue weighted by Gasteiger charge is 2.68. The monoisotopic (exact) mass is 340 g/mol. The van der Waals surface area contributed by atoms with Crippen LogP contribution in [-0.4, -0.2) is 11.7 Å². The smallest absolute Gasteiger partial charge is 0.298 e. The molecule has 0 saturated heterocycles. The summed E-state index contributed by atoms with van der Waals surface area (Å²) in [6.07, 6.45) is -2.87. The molecule has 2 N–H and O–H groups in total. The van der Waals surface area contributed by atoms with Crippen LogP contribution in [0.4, 0.5) is 18.9 Å². The number of halogens is 3. The van der Waals surface area contributed by atoms with E-state index in [0.29, 0.717) is 12.8 Å². The number of carbonyl (C=O) groups excluding carboxylic acids is 2. The fourth-order valence-electron chi connectivity index (χ4n) is 4.31. The number of anilines is 1. The molecular formula is C17H19F3N2O2. The number of rotatable bonds is 2. The predicted molar refractivity (Wildman–Crippen MR) is 81.7 cm³/mol. The number of hydrogen-bond acceptors (Lipinski definition) is 3. The van der Waals surface area contributed by atoms with E-state index < -0.39 is 28.5 Å². The lowest BCUT2D eigenvalue weighted by Crippen LogP contribution is -2.54. The highest BCUT2D eigenvalue weighted by molar-refractivity contribution is 6.14. The van der Waals surface area contributed by atoms with Gasteiger partial charge in [0.1, 0.15) is 11.2 Å². The van der Waals surface area contributed by atoms with E-state index in [1.54, 1.807) is 0 Å². The zero-order valence-electron chi connectivity index (χ0n) is 13.5. The van der Waals surface area contributed by atoms with Crippen molar-refractivity contribution in [2.45, 2.75) is 39.3 Å². The van der Waals surface area contributed by atoms with Gasteiger partial charge in [-0.25, -0.2) is 10.9 Å². The van der Waals surface area contributed by atoms with E-state index in [4.69, 9.17) is 5.84 Å². The number of benzene rings is 1. The number of Topliss-reactive ketones (excluding diaryl/α,β-unsaturated/α-hetero) is 1. The van der Waals surface area contributed by atoms with Gasteiger partial charge < -0.3 is 0 Å². The lowest BCUT2D eigenvalue weighted by Gasteiger charge is -2.37. The van der Waals surface area contributed by atoms with Crippen LogP contribution in [0.25, 0.3) is 0 Å². The number of nitrogens with two attached hydrogens (primary N) is 1. The highest BCUT2D eigenvalue weighted by atomic mass is 19.4. The minimum absolute atomic E-state index is 0.115. The fraction of sp³-hybridized carbons (Fsp3) is 0.529. The Morgan fingerprint density at radius 2 is 1.83 bits per heavy atom. The van der Waals surface area contributed by atoms with Crippen LogP contribution in [0, 0.1) is 16.7 Å². The lowest BCUT2D eigenvalue weighted by atomic mass is 9.68. The van der Waals surface area contributed by atoms with E-state index >= 15 is 0 Å². The highest BCUT2D eigenvalue weighted by Crippen LogP contribution is 2.64. The molecular weight excluding hydrogens is 321 g/mol. The average molecular weight is 340 g/mol. The number of hydrazine groups is 1. The Bertz CT molecular complexity index is 697. The van der Waals surface area contributed by atoms with Crippen molar-refractivity contribution in [3.05, 3.63) is 29.8 Å². The molecule has 0 radical (unpaired) electrons. The van der Waals surface area contributed by atoms with Crippen molar-refractivity contribution in [2.24, 2.45) is 22.6 Å². The predicted octanol–water partition coefficient (Wildman–Crippen LogP) is 3.31. The van der Waals surface area contributed by atoms with Crippen molar-refractivity contribution < 1.29 is 22.8 Å². The molecule has 1 aromatic rings. The third-order valence-electron chi connectivity index (χ3n) is 5.95. The third-order valence-corrected chi connectivity index (χ3v) is 5.95. The summed E-state index contributed by atoms with van der Waals surface area (Å²) in [6, 6.07) is 4.05. The Kier molecular flexibility index (Phi) is 3.57. The molecule has 0 spiro atoms. The minimum Gasteiger partial charge on any atom is -0.298 e. The van der Waals surface area contributed by atoms with Gasteiger partial charge in [0.15, 0.2) is 0 Å². The summed E-state index contributed by atoms with van der Waals surface area (Å²) in [5.74, 6) is 5.39. The first-order chi connectivity index (χ1) is 11.0. The minimum atomic E-state index is -4.46. The number of amides is 1. The van der Waals surface area contributed by atoms with Crippen molar-refractivity contribution in [3.8, 4) is 0 Å². The van der Waals surface area contributed by atoms with Gasteiger partial charge in [-0.3, -0.25) is 9.59 Å². The molecule has 24 heavy (non-hydrogen) atoms. The normalized spacial score (nSPS) is 28.2. The zero-order chi connectivity index (χ0) is 17.9. The second-order valence-corrected chi connectivity index (χ2v) is 7.21. The van der Waals surface area contributed by atoms with Gasteiger partial charge in [0, 0.05) is 6.42 Å². The Balaban J connectivity index is 1.92. The van der Waals surface area contributed by atoms with Crippen LogP contribution in [0.3, 0.4) is 0 Å². The maximum atomic E-state index is 13.0. The molecule has 1 aromatic carbocycles. The molecule has 2 saturated carbocycles. The molecule has 2 aliphatic carbocycles. The molecule has 2 unspecified atom stereocenters. The molecule has 3 rings (SSSR count). The maximum Gasteiger partial charge on any atom is 0.416 e. The van der Waals surface area contributed by atoms with Crippen molar-refractivity contribution in [1.29, 1.82) is 0 Å². The number of nitrogens with zero attached hydrogens (tertiary/aromatic N) is 1. The van der Waals surface area contributed by atoms with E-state index in [1.807, 2.05) is 13.8 Å². The van der Waals surface area contributed by atoms with Gasteiger partial charge in [-0.2, -0.15) is 13.2 Å². The van der Waals surface area contributed by atoms with Crippen LogP contribution < -0.4 is 10.9 Å². The van der Waals surface area contributed by atoms with Crippen molar-refractivity contribution in [1.82, 2.24) is 0 Å². The summed E-state index contributed by atoms with van der Waals surface area (Å²) in [6.45, 7) is 3.79. The van der Waals surface area contributed by atoms with E-state index in [1.165, 1.54) is 0 Å². The summed E-state index contributed by atoms with van der Waals surface area (Å²) in [5.41, 5.74) is -2.34. The quantitative estimate of drug-likeness (QED) is 0.389. The van der Waals surface area contributed by atoms with Gasteiger partial charge in [-0.05, 0) is 48.4 Å². The summed E-state index contributed by atoms with van der Waals surface area (Å²) >= 11 is 0. The molecule has 2 aliphatic rings. The first-order valence-corrected chi connectivity index (χ1v) is 7.81. The Hall–Kier alpha value is -1.89. The van der Waals surface area contributed by atoms with E-state index in [9.17, 15) is 22.8 Å². The average Bonchev–Trinajstić information content (AvgIpc) is 2.88. The summed E-state index contributed by atoms with van der Waals surface area (Å²) in [7, 11) is 0. The first kappa shape index (κ1) is 17.0. The molecule has 1 amide bonds. The van der Waals surface area contributed by atoms with Crippen LogP contribution in [-0.2, 0) is 15.8 Å². The van der Waals surface area contributed by atoms with Gasteiger partial charge in [0.25, 0.3) is 5.91 Å². The molecule has 0 aromatic heterocycles. The largest absolute Gasteiger partial charge is 0.416 e. The molecule has 2 atom stereocenters. The van der Waals surface area contributed by atoms with Crippen molar-refractivity contribution >= 4 is 17.4 Å². The number of fused-ring (bicyclic) bond motifs is 2. The number of hydrogen-bond donors (Lipinski definition) is 1. The van der Waals surface area contributed by atoms with Gasteiger partial charge in [0.2, 0.25) is 0 Å². The molecule has 2 bridgehead atoms. The van der Waals surface area contributed by atoms with Crippen LogP contribution in [0.2, 0.25) is 0 Å². The van der Waals surface area contributed by atoms with Gasteiger partial charge in [-0.1, -0.05) is 13.8 Å².